The summed E-state index contributed by atoms with van der Waals surface area (Å²) in [6.45, 7) is 3.71. The zero-order valence-corrected chi connectivity index (χ0v) is 12.2. The highest BCUT2D eigenvalue weighted by Crippen LogP contribution is 2.13. The summed E-state index contributed by atoms with van der Waals surface area (Å²) in [5, 5.41) is 3.79. The van der Waals surface area contributed by atoms with Crippen LogP contribution in [-0.4, -0.2) is 13.6 Å². The number of nitrogens with two attached hydrogens (primary N) is 1. The Morgan fingerprint density at radius 1 is 1.25 bits per heavy atom. The summed E-state index contributed by atoms with van der Waals surface area (Å²) in [4.78, 5) is 0. The van der Waals surface area contributed by atoms with Gasteiger partial charge in [0.25, 0.3) is 0 Å². The molecule has 0 saturated heterocycles. The maximum Gasteiger partial charge on any atom is 0.216 e. The van der Waals surface area contributed by atoms with E-state index in [1.807, 2.05) is 0 Å². The molecule has 0 aliphatic carbocycles. The van der Waals surface area contributed by atoms with Crippen molar-refractivity contribution < 1.29 is 12.9 Å². The molecule has 1 aromatic carbocycles. The first kappa shape index (κ1) is 14.5. The first-order valence-electron chi connectivity index (χ1n) is 6.11. The number of aromatic nitrogens is 1. The van der Waals surface area contributed by atoms with Crippen LogP contribution in [0.2, 0.25) is 0 Å². The van der Waals surface area contributed by atoms with Gasteiger partial charge in [0.2, 0.25) is 10.0 Å². The van der Waals surface area contributed by atoms with Crippen LogP contribution >= 0.6 is 0 Å². The number of nitrogens with one attached hydrogen (secondary N) is 1. The molecule has 1 aromatic heterocycles. The fourth-order valence-electron chi connectivity index (χ4n) is 1.82. The van der Waals surface area contributed by atoms with E-state index in [1.54, 1.807) is 38.1 Å². The van der Waals surface area contributed by atoms with E-state index in [9.17, 15) is 8.42 Å². The number of aryl methyl sites for hydroxylation is 2. The predicted octanol–water partition coefficient (Wildman–Crippen LogP) is 1.49. The predicted molar refractivity (Wildman–Crippen MR) is 76.3 cm³/mol. The average molecular weight is 295 g/mol. The second-order valence-corrected chi connectivity index (χ2v) is 6.43. The van der Waals surface area contributed by atoms with Gasteiger partial charge in [-0.3, -0.25) is 0 Å². The second-order valence-electron chi connectivity index (χ2n) is 4.62. The number of anilines is 1. The first-order chi connectivity index (χ1) is 9.37. The molecule has 0 aliphatic heterocycles. The molecule has 6 nitrogen and oxygen atoms in total. The van der Waals surface area contributed by atoms with Crippen molar-refractivity contribution in [3.8, 4) is 0 Å². The van der Waals surface area contributed by atoms with Crippen molar-refractivity contribution in [2.45, 2.75) is 26.1 Å². The van der Waals surface area contributed by atoms with Crippen molar-refractivity contribution >= 4 is 15.7 Å². The summed E-state index contributed by atoms with van der Waals surface area (Å²) in [6.07, 6.45) is 0. The fraction of sp³-hybridized carbons (Fsp3) is 0.308. The lowest BCUT2D eigenvalue weighted by molar-refractivity contribution is 0.392. The normalized spacial score (nSPS) is 11.7. The van der Waals surface area contributed by atoms with Gasteiger partial charge in [0, 0.05) is 17.8 Å². The number of benzene rings is 1. The smallest absolute Gasteiger partial charge is 0.216 e. The number of hydrogen-bond acceptors (Lipinski definition) is 5. The van der Waals surface area contributed by atoms with Gasteiger partial charge in [-0.25, -0.2) is 13.1 Å². The topological polar surface area (TPSA) is 98.2 Å². The molecule has 0 unspecified atom stereocenters. The summed E-state index contributed by atoms with van der Waals surface area (Å²) in [6, 6.07) is 6.76. The van der Waals surface area contributed by atoms with Gasteiger partial charge in [0.15, 0.2) is 0 Å². The first-order valence-corrected chi connectivity index (χ1v) is 7.76. The monoisotopic (exact) mass is 295 g/mol. The third-order valence-electron chi connectivity index (χ3n) is 2.99. The molecule has 2 aromatic rings. The average Bonchev–Trinajstić information content (AvgIpc) is 2.69. The van der Waals surface area contributed by atoms with E-state index in [0.29, 0.717) is 22.7 Å². The molecule has 7 heteroatoms. The lowest BCUT2D eigenvalue weighted by Crippen LogP contribution is -2.25. The molecule has 108 valence electrons. The minimum atomic E-state index is -3.42. The van der Waals surface area contributed by atoms with Crippen LogP contribution in [-0.2, 0) is 22.3 Å². The Balaban J connectivity index is 2.03. The van der Waals surface area contributed by atoms with Gasteiger partial charge in [0.1, 0.15) is 5.76 Å². The van der Waals surface area contributed by atoms with Gasteiger partial charge in [0.05, 0.1) is 11.4 Å². The lowest BCUT2D eigenvalue weighted by Gasteiger charge is -2.07. The Bertz CT molecular complexity index is 671. The van der Waals surface area contributed by atoms with Crippen molar-refractivity contribution in [1.29, 1.82) is 0 Å². The third kappa shape index (κ3) is 3.58. The summed E-state index contributed by atoms with van der Waals surface area (Å²) >= 11 is 0. The van der Waals surface area contributed by atoms with Gasteiger partial charge < -0.3 is 10.3 Å². The van der Waals surface area contributed by atoms with Crippen LogP contribution in [0.15, 0.2) is 28.8 Å². The van der Waals surface area contributed by atoms with E-state index in [4.69, 9.17) is 10.3 Å². The zero-order chi connectivity index (χ0) is 14.8. The minimum absolute atomic E-state index is 0.0867. The highest BCUT2D eigenvalue weighted by Gasteiger charge is 2.15. The van der Waals surface area contributed by atoms with Gasteiger partial charge in [-0.2, -0.15) is 0 Å². The number of hydrogen-bond donors (Lipinski definition) is 2. The molecule has 0 radical (unpaired) electrons. The van der Waals surface area contributed by atoms with E-state index in [1.165, 1.54) is 0 Å². The molecule has 1 heterocycles. The Kier molecular flexibility index (Phi) is 4.10. The van der Waals surface area contributed by atoms with E-state index in [-0.39, 0.29) is 12.3 Å². The quantitative estimate of drug-likeness (QED) is 0.814. The maximum atomic E-state index is 12.0. The van der Waals surface area contributed by atoms with E-state index >= 15 is 0 Å². The molecule has 20 heavy (non-hydrogen) atoms. The highest BCUT2D eigenvalue weighted by atomic mass is 32.2. The van der Waals surface area contributed by atoms with Gasteiger partial charge in [-0.15, -0.1) is 0 Å². The SMILES string of the molecule is Cc1noc(C)c1CNS(=O)(=O)Cc1ccc(N)cc1. The van der Waals surface area contributed by atoms with Crippen molar-refractivity contribution in [1.82, 2.24) is 9.88 Å². The Morgan fingerprint density at radius 3 is 2.45 bits per heavy atom. The highest BCUT2D eigenvalue weighted by molar-refractivity contribution is 7.88. The molecular weight excluding hydrogens is 278 g/mol. The van der Waals surface area contributed by atoms with Gasteiger partial charge in [-0.05, 0) is 31.5 Å². The molecular formula is C13H17N3O3S. The number of nitrogen functional groups attached to an aromatic ring is 1. The molecule has 0 fully saturated rings. The fourth-order valence-corrected chi connectivity index (χ4v) is 2.92. The zero-order valence-electron chi connectivity index (χ0n) is 11.4. The molecule has 0 spiro atoms. The Labute approximate surface area is 118 Å². The molecule has 3 N–H and O–H groups in total. The van der Waals surface area contributed by atoms with Crippen molar-refractivity contribution in [2.24, 2.45) is 0 Å². The van der Waals surface area contributed by atoms with Gasteiger partial charge in [-0.1, -0.05) is 17.3 Å². The van der Waals surface area contributed by atoms with Crippen LogP contribution in [0, 0.1) is 13.8 Å². The van der Waals surface area contributed by atoms with Crippen LogP contribution < -0.4 is 10.5 Å². The van der Waals surface area contributed by atoms with E-state index in [0.717, 1.165) is 5.56 Å². The second kappa shape index (κ2) is 5.64. The largest absolute Gasteiger partial charge is 0.399 e. The number of rotatable bonds is 5. The minimum Gasteiger partial charge on any atom is -0.399 e. The van der Waals surface area contributed by atoms with Crippen LogP contribution in [0.4, 0.5) is 5.69 Å². The Hall–Kier alpha value is -1.86. The summed E-state index contributed by atoms with van der Waals surface area (Å²) in [5.41, 5.74) is 8.32. The molecule has 0 amide bonds. The van der Waals surface area contributed by atoms with Crippen LogP contribution in [0.1, 0.15) is 22.6 Å². The van der Waals surface area contributed by atoms with E-state index in [2.05, 4.69) is 9.88 Å². The Morgan fingerprint density at radius 2 is 1.90 bits per heavy atom. The lowest BCUT2D eigenvalue weighted by atomic mass is 10.2. The van der Waals surface area contributed by atoms with Crippen LogP contribution in [0.3, 0.4) is 0 Å². The third-order valence-corrected chi connectivity index (χ3v) is 4.28. The molecule has 0 saturated carbocycles. The van der Waals surface area contributed by atoms with Crippen molar-refractivity contribution in [3.63, 3.8) is 0 Å². The van der Waals surface area contributed by atoms with Crippen LogP contribution in [0.25, 0.3) is 0 Å². The maximum absolute atomic E-state index is 12.0. The van der Waals surface area contributed by atoms with E-state index < -0.39 is 10.0 Å². The number of sulfonamides is 1. The molecule has 0 atom stereocenters. The van der Waals surface area contributed by atoms with Crippen molar-refractivity contribution in [2.75, 3.05) is 5.73 Å². The standard InChI is InChI=1S/C13H17N3O3S/c1-9-13(10(2)19-16-9)7-15-20(17,18)8-11-3-5-12(14)6-4-11/h3-6,15H,7-8,14H2,1-2H3. The molecule has 0 aliphatic rings. The van der Waals surface area contributed by atoms with Crippen LogP contribution in [0.5, 0.6) is 0 Å². The molecule has 2 rings (SSSR count). The van der Waals surface area contributed by atoms with Crippen molar-refractivity contribution in [3.05, 3.63) is 46.8 Å². The summed E-state index contributed by atoms with van der Waals surface area (Å²) in [5.74, 6) is 0.536. The summed E-state index contributed by atoms with van der Waals surface area (Å²) in [7, 11) is -3.42. The number of nitrogens with zero attached hydrogens (tertiary/aromatic N) is 1. The van der Waals surface area contributed by atoms with Gasteiger partial charge >= 0.3 is 0 Å². The summed E-state index contributed by atoms with van der Waals surface area (Å²) < 4.78 is 31.6. The molecule has 0 bridgehead atoms.